The Morgan fingerprint density at radius 1 is 0.778 bits per heavy atom. The summed E-state index contributed by atoms with van der Waals surface area (Å²) in [4.78, 5) is 22.8. The molecule has 1 amide bonds. The van der Waals surface area contributed by atoms with Gasteiger partial charge in [-0.15, -0.1) is 0 Å². The van der Waals surface area contributed by atoms with Crippen molar-refractivity contribution in [1.29, 1.82) is 0 Å². The van der Waals surface area contributed by atoms with Crippen molar-refractivity contribution >= 4 is 40.7 Å². The minimum atomic E-state index is -0.128. The molecule has 0 spiro atoms. The summed E-state index contributed by atoms with van der Waals surface area (Å²) in [5.74, 6) is 0.114. The number of halogens is 3. The highest BCUT2D eigenvalue weighted by molar-refractivity contribution is 6.46. The molecule has 3 aromatic rings. The van der Waals surface area contributed by atoms with Crippen LogP contribution < -0.4 is 0 Å². The van der Waals surface area contributed by atoms with Crippen LogP contribution in [-0.4, -0.2) is 20.8 Å². The molecule has 0 unspecified atom stereocenters. The van der Waals surface area contributed by atoms with Crippen molar-refractivity contribution in [2.24, 2.45) is 0 Å². The first-order chi connectivity index (χ1) is 13.0. The van der Waals surface area contributed by atoms with E-state index in [9.17, 15) is 4.79 Å². The van der Waals surface area contributed by atoms with Crippen molar-refractivity contribution in [3.63, 3.8) is 0 Å². The Morgan fingerprint density at radius 2 is 1.22 bits per heavy atom. The maximum absolute atomic E-state index is 13.0. The molecule has 0 aliphatic heterocycles. The van der Waals surface area contributed by atoms with Crippen molar-refractivity contribution in [2.45, 2.75) is 19.5 Å². The van der Waals surface area contributed by atoms with Crippen LogP contribution in [0.4, 0.5) is 0 Å². The van der Waals surface area contributed by atoms with Crippen LogP contribution >= 0.6 is 34.8 Å². The van der Waals surface area contributed by atoms with Crippen LogP contribution in [-0.2, 0) is 24.3 Å². The predicted molar refractivity (Wildman–Crippen MR) is 108 cm³/mol. The Hall–Kier alpha value is -2.14. The van der Waals surface area contributed by atoms with E-state index in [1.165, 1.54) is 0 Å². The molecule has 0 atom stereocenters. The number of nitrogens with zero attached hydrogens (tertiary/aromatic N) is 3. The van der Waals surface area contributed by atoms with E-state index in [-0.39, 0.29) is 33.5 Å². The van der Waals surface area contributed by atoms with E-state index >= 15 is 0 Å². The van der Waals surface area contributed by atoms with Gasteiger partial charge >= 0.3 is 0 Å². The second-order valence-electron chi connectivity index (χ2n) is 5.93. The van der Waals surface area contributed by atoms with E-state index in [0.717, 1.165) is 11.1 Å². The molecule has 0 aliphatic rings. The molecule has 3 rings (SSSR count). The lowest BCUT2D eigenvalue weighted by Crippen LogP contribution is -2.32. The Bertz CT molecular complexity index is 856. The molecule has 2 aromatic carbocycles. The summed E-state index contributed by atoms with van der Waals surface area (Å²) < 4.78 is 0. The van der Waals surface area contributed by atoms with E-state index in [0.29, 0.717) is 13.1 Å². The van der Waals surface area contributed by atoms with Gasteiger partial charge in [0, 0.05) is 13.1 Å². The number of carbonyl (C=O) groups excluding carboxylic acids is 1. The number of carbonyl (C=O) groups is 1. The lowest BCUT2D eigenvalue weighted by Gasteiger charge is -2.23. The molecule has 27 heavy (non-hydrogen) atoms. The molecule has 0 fully saturated rings. The number of hydrogen-bond donors (Lipinski definition) is 0. The summed E-state index contributed by atoms with van der Waals surface area (Å²) in [6.45, 7) is 0.952. The summed E-state index contributed by atoms with van der Waals surface area (Å²) in [5.41, 5.74) is 2.07. The zero-order chi connectivity index (χ0) is 19.2. The number of hydrogen-bond acceptors (Lipinski definition) is 3. The monoisotopic (exact) mass is 419 g/mol. The highest BCUT2D eigenvalue weighted by Gasteiger charge is 2.18. The Morgan fingerprint density at radius 3 is 1.67 bits per heavy atom. The van der Waals surface area contributed by atoms with Gasteiger partial charge in [0.05, 0.1) is 6.42 Å². The summed E-state index contributed by atoms with van der Waals surface area (Å²) in [7, 11) is 0. The van der Waals surface area contributed by atoms with Crippen molar-refractivity contribution in [1.82, 2.24) is 14.9 Å². The van der Waals surface area contributed by atoms with Crippen molar-refractivity contribution in [2.75, 3.05) is 0 Å². The molecule has 1 aromatic heterocycles. The molecule has 0 aliphatic carbocycles. The average Bonchev–Trinajstić information content (AvgIpc) is 2.67. The van der Waals surface area contributed by atoms with E-state index in [1.54, 1.807) is 4.90 Å². The van der Waals surface area contributed by atoms with Crippen molar-refractivity contribution in [3.05, 3.63) is 92.9 Å². The first-order valence-corrected chi connectivity index (χ1v) is 9.39. The molecule has 4 nitrogen and oxygen atoms in total. The average molecular weight is 421 g/mol. The minimum Gasteiger partial charge on any atom is -0.334 e. The van der Waals surface area contributed by atoms with E-state index < -0.39 is 0 Å². The van der Waals surface area contributed by atoms with Crippen LogP contribution in [0.25, 0.3) is 0 Å². The Kier molecular flexibility index (Phi) is 6.67. The highest BCUT2D eigenvalue weighted by atomic mass is 35.5. The van der Waals surface area contributed by atoms with Gasteiger partial charge in [-0.1, -0.05) is 95.5 Å². The van der Waals surface area contributed by atoms with Crippen LogP contribution in [0.1, 0.15) is 17.0 Å². The number of rotatable bonds is 6. The van der Waals surface area contributed by atoms with Gasteiger partial charge in [-0.05, 0) is 11.1 Å². The molecule has 0 N–H and O–H groups in total. The highest BCUT2D eigenvalue weighted by Crippen LogP contribution is 2.26. The van der Waals surface area contributed by atoms with E-state index in [4.69, 9.17) is 34.8 Å². The molecule has 0 saturated carbocycles. The fourth-order valence-electron chi connectivity index (χ4n) is 2.60. The van der Waals surface area contributed by atoms with Gasteiger partial charge in [0.15, 0.2) is 10.3 Å². The molecule has 0 bridgehead atoms. The summed E-state index contributed by atoms with van der Waals surface area (Å²) in [5, 5.41) is 0.161. The topological polar surface area (TPSA) is 46.1 Å². The molecular weight excluding hydrogens is 405 g/mol. The minimum absolute atomic E-state index is 0.0176. The molecule has 138 valence electrons. The Labute approximate surface area is 172 Å². The van der Waals surface area contributed by atoms with Gasteiger partial charge in [0.2, 0.25) is 5.91 Å². The number of aromatic nitrogens is 2. The van der Waals surface area contributed by atoms with E-state index in [1.807, 2.05) is 60.7 Å². The molecular formula is C20H16Cl3N3O. The zero-order valence-electron chi connectivity index (χ0n) is 14.3. The fourth-order valence-corrected chi connectivity index (χ4v) is 3.11. The van der Waals surface area contributed by atoms with Gasteiger partial charge in [-0.25, -0.2) is 9.97 Å². The van der Waals surface area contributed by atoms with Crippen LogP contribution in [0.15, 0.2) is 60.7 Å². The van der Waals surface area contributed by atoms with Crippen LogP contribution in [0, 0.1) is 0 Å². The molecule has 0 saturated heterocycles. The lowest BCUT2D eigenvalue weighted by molar-refractivity contribution is -0.131. The lowest BCUT2D eigenvalue weighted by atomic mass is 10.1. The first kappa shape index (κ1) is 19.6. The van der Waals surface area contributed by atoms with Crippen molar-refractivity contribution in [3.8, 4) is 0 Å². The number of benzene rings is 2. The second-order valence-corrected chi connectivity index (χ2v) is 7.03. The normalized spacial score (nSPS) is 10.6. The zero-order valence-corrected chi connectivity index (χ0v) is 16.5. The van der Waals surface area contributed by atoms with Crippen molar-refractivity contribution < 1.29 is 4.79 Å². The van der Waals surface area contributed by atoms with E-state index in [2.05, 4.69) is 9.97 Å². The van der Waals surface area contributed by atoms with Gasteiger partial charge in [-0.2, -0.15) is 0 Å². The maximum Gasteiger partial charge on any atom is 0.230 e. The molecule has 0 radical (unpaired) electrons. The maximum atomic E-state index is 13.0. The Balaban J connectivity index is 1.81. The SMILES string of the molecule is O=C(Cc1nc(Cl)c(Cl)c(Cl)n1)N(Cc1ccccc1)Cc1ccccc1. The van der Waals surface area contributed by atoms with Gasteiger partial charge in [-0.3, -0.25) is 4.79 Å². The smallest absolute Gasteiger partial charge is 0.230 e. The number of amides is 1. The van der Waals surface area contributed by atoms with Gasteiger partial charge in [0.25, 0.3) is 0 Å². The molecule has 1 heterocycles. The summed E-state index contributed by atoms with van der Waals surface area (Å²) in [6.07, 6.45) is -0.0176. The van der Waals surface area contributed by atoms with Gasteiger partial charge in [0.1, 0.15) is 10.8 Å². The second kappa shape index (κ2) is 9.18. The summed E-state index contributed by atoms with van der Waals surface area (Å²) >= 11 is 17.8. The fraction of sp³-hybridized carbons (Fsp3) is 0.150. The van der Waals surface area contributed by atoms with Crippen LogP contribution in [0.2, 0.25) is 15.3 Å². The first-order valence-electron chi connectivity index (χ1n) is 8.26. The largest absolute Gasteiger partial charge is 0.334 e. The third kappa shape index (κ3) is 5.42. The third-order valence-electron chi connectivity index (χ3n) is 3.91. The van der Waals surface area contributed by atoms with Crippen LogP contribution in [0.5, 0.6) is 0 Å². The molecule has 7 heteroatoms. The van der Waals surface area contributed by atoms with Crippen LogP contribution in [0.3, 0.4) is 0 Å². The quantitative estimate of drug-likeness (QED) is 0.514. The van der Waals surface area contributed by atoms with Gasteiger partial charge < -0.3 is 4.90 Å². The standard InChI is InChI=1S/C20H16Cl3N3O/c21-18-19(22)24-16(25-20(18)23)11-17(27)26(12-14-7-3-1-4-8-14)13-15-9-5-2-6-10-15/h1-10H,11-13H2. The predicted octanol–water partition coefficient (Wildman–Crippen LogP) is 5.21. The summed E-state index contributed by atoms with van der Waals surface area (Å²) in [6, 6.07) is 19.6. The third-order valence-corrected chi connectivity index (χ3v) is 5.01.